The summed E-state index contributed by atoms with van der Waals surface area (Å²) >= 11 is 0. The SMILES string of the molecule is CCCC[C@H](CC(=O)NC(CCO)C(=O)O)NC(=O)OCC1c2ccccc2-c2ccccc21. The second-order valence-corrected chi connectivity index (χ2v) is 8.48. The van der Waals surface area contributed by atoms with E-state index in [1.807, 2.05) is 43.3 Å². The lowest BCUT2D eigenvalue weighted by Gasteiger charge is -2.21. The fraction of sp³-hybridized carbons (Fsp3) is 0.423. The first kappa shape index (κ1) is 25.2. The van der Waals surface area contributed by atoms with E-state index in [9.17, 15) is 19.5 Å². The number of aliphatic hydroxyl groups is 1. The number of alkyl carbamates (subject to hydrolysis) is 1. The number of carbonyl (C=O) groups excluding carboxylic acids is 2. The molecule has 34 heavy (non-hydrogen) atoms. The number of fused-ring (bicyclic) bond motifs is 3. The molecule has 2 amide bonds. The molecule has 4 N–H and O–H groups in total. The smallest absolute Gasteiger partial charge is 0.407 e. The van der Waals surface area contributed by atoms with Crippen LogP contribution in [-0.4, -0.2) is 53.5 Å². The highest BCUT2D eigenvalue weighted by atomic mass is 16.5. The first-order chi connectivity index (χ1) is 16.4. The highest BCUT2D eigenvalue weighted by Gasteiger charge is 2.29. The lowest BCUT2D eigenvalue weighted by Crippen LogP contribution is -2.45. The summed E-state index contributed by atoms with van der Waals surface area (Å²) in [5.74, 6) is -1.77. The molecule has 2 atom stereocenters. The van der Waals surface area contributed by atoms with Gasteiger partial charge in [0.2, 0.25) is 5.91 Å². The van der Waals surface area contributed by atoms with E-state index in [1.165, 1.54) is 0 Å². The minimum atomic E-state index is -1.21. The average Bonchev–Trinajstić information content (AvgIpc) is 3.14. The Morgan fingerprint density at radius 2 is 1.59 bits per heavy atom. The second kappa shape index (κ2) is 12.2. The van der Waals surface area contributed by atoms with E-state index in [0.29, 0.717) is 6.42 Å². The number of amides is 2. The quantitative estimate of drug-likeness (QED) is 0.378. The molecule has 0 bridgehead atoms. The predicted octanol–water partition coefficient (Wildman–Crippen LogP) is 3.43. The lowest BCUT2D eigenvalue weighted by atomic mass is 9.98. The summed E-state index contributed by atoms with van der Waals surface area (Å²) in [6.07, 6.45) is 1.47. The van der Waals surface area contributed by atoms with Crippen molar-refractivity contribution in [3.63, 3.8) is 0 Å². The van der Waals surface area contributed by atoms with E-state index >= 15 is 0 Å². The van der Waals surface area contributed by atoms with E-state index in [-0.39, 0.29) is 32.0 Å². The number of rotatable bonds is 12. The zero-order chi connectivity index (χ0) is 24.5. The first-order valence-corrected chi connectivity index (χ1v) is 11.7. The third-order valence-corrected chi connectivity index (χ3v) is 6.05. The predicted molar refractivity (Wildman–Crippen MR) is 127 cm³/mol. The van der Waals surface area contributed by atoms with Crippen LogP contribution in [-0.2, 0) is 14.3 Å². The largest absolute Gasteiger partial charge is 0.480 e. The number of carboxylic acid groups (broad SMARTS) is 1. The molecule has 1 aliphatic carbocycles. The molecule has 0 heterocycles. The molecule has 1 aliphatic rings. The fourth-order valence-electron chi connectivity index (χ4n) is 4.35. The van der Waals surface area contributed by atoms with Crippen LogP contribution in [0.4, 0.5) is 4.79 Å². The van der Waals surface area contributed by atoms with Gasteiger partial charge in [-0.2, -0.15) is 0 Å². The van der Waals surface area contributed by atoms with Crippen molar-refractivity contribution in [1.29, 1.82) is 0 Å². The van der Waals surface area contributed by atoms with Gasteiger partial charge in [0.15, 0.2) is 0 Å². The van der Waals surface area contributed by atoms with Crippen molar-refractivity contribution in [3.8, 4) is 11.1 Å². The Balaban J connectivity index is 1.60. The Labute approximate surface area is 199 Å². The maximum Gasteiger partial charge on any atom is 0.407 e. The van der Waals surface area contributed by atoms with E-state index < -0.39 is 30.1 Å². The molecule has 8 nitrogen and oxygen atoms in total. The molecule has 0 aromatic heterocycles. The number of carbonyl (C=O) groups is 3. The van der Waals surface area contributed by atoms with E-state index in [2.05, 4.69) is 22.8 Å². The number of hydrogen-bond acceptors (Lipinski definition) is 5. The number of aliphatic carboxylic acids is 1. The van der Waals surface area contributed by atoms with Crippen molar-refractivity contribution in [1.82, 2.24) is 10.6 Å². The third-order valence-electron chi connectivity index (χ3n) is 6.05. The van der Waals surface area contributed by atoms with Crippen molar-refractivity contribution in [2.45, 2.75) is 57.0 Å². The lowest BCUT2D eigenvalue weighted by molar-refractivity contribution is -0.142. The fourth-order valence-corrected chi connectivity index (χ4v) is 4.35. The molecule has 8 heteroatoms. The summed E-state index contributed by atoms with van der Waals surface area (Å²) in [4.78, 5) is 36.2. The van der Waals surface area contributed by atoms with Crippen molar-refractivity contribution >= 4 is 18.0 Å². The Morgan fingerprint density at radius 3 is 2.15 bits per heavy atom. The number of benzene rings is 2. The van der Waals surface area contributed by atoms with Crippen LogP contribution in [0.3, 0.4) is 0 Å². The molecular formula is C26H32N2O6. The van der Waals surface area contributed by atoms with Crippen LogP contribution < -0.4 is 10.6 Å². The van der Waals surface area contributed by atoms with Gasteiger partial charge in [-0.25, -0.2) is 9.59 Å². The van der Waals surface area contributed by atoms with Crippen LogP contribution in [0.15, 0.2) is 48.5 Å². The average molecular weight is 469 g/mol. The summed E-state index contributed by atoms with van der Waals surface area (Å²) in [5, 5.41) is 23.3. The second-order valence-electron chi connectivity index (χ2n) is 8.48. The van der Waals surface area contributed by atoms with Gasteiger partial charge in [0.25, 0.3) is 0 Å². The van der Waals surface area contributed by atoms with Crippen LogP contribution in [0, 0.1) is 0 Å². The summed E-state index contributed by atoms with van der Waals surface area (Å²) < 4.78 is 5.58. The van der Waals surface area contributed by atoms with Crippen LogP contribution >= 0.6 is 0 Å². The maximum absolute atomic E-state index is 12.6. The summed E-state index contributed by atoms with van der Waals surface area (Å²) in [5.41, 5.74) is 4.50. The van der Waals surface area contributed by atoms with E-state index in [1.54, 1.807) is 0 Å². The number of unbranched alkanes of at least 4 members (excludes halogenated alkanes) is 1. The van der Waals surface area contributed by atoms with Gasteiger partial charge in [-0.15, -0.1) is 0 Å². The zero-order valence-electron chi connectivity index (χ0n) is 19.3. The molecule has 2 aromatic carbocycles. The van der Waals surface area contributed by atoms with Crippen LogP contribution in [0.25, 0.3) is 11.1 Å². The maximum atomic E-state index is 12.6. The Morgan fingerprint density at radius 1 is 0.971 bits per heavy atom. The van der Waals surface area contributed by atoms with Crippen molar-refractivity contribution in [3.05, 3.63) is 59.7 Å². The molecule has 2 aromatic rings. The van der Waals surface area contributed by atoms with Gasteiger partial charge in [-0.3, -0.25) is 4.79 Å². The van der Waals surface area contributed by atoms with Gasteiger partial charge in [0, 0.05) is 31.4 Å². The topological polar surface area (TPSA) is 125 Å². The van der Waals surface area contributed by atoms with Crippen molar-refractivity contribution in [2.75, 3.05) is 13.2 Å². The molecule has 0 saturated heterocycles. The number of carboxylic acids is 1. The van der Waals surface area contributed by atoms with Crippen LogP contribution in [0.5, 0.6) is 0 Å². The monoisotopic (exact) mass is 468 g/mol. The molecular weight excluding hydrogens is 436 g/mol. The Hall–Kier alpha value is -3.39. The minimum Gasteiger partial charge on any atom is -0.480 e. The summed E-state index contributed by atoms with van der Waals surface area (Å²) in [7, 11) is 0. The third kappa shape index (κ3) is 6.35. The van der Waals surface area contributed by atoms with Gasteiger partial charge in [-0.1, -0.05) is 68.3 Å². The highest BCUT2D eigenvalue weighted by Crippen LogP contribution is 2.44. The van der Waals surface area contributed by atoms with Gasteiger partial charge in [0.1, 0.15) is 12.6 Å². The molecule has 182 valence electrons. The van der Waals surface area contributed by atoms with Crippen LogP contribution in [0.2, 0.25) is 0 Å². The Kier molecular flexibility index (Phi) is 9.04. The minimum absolute atomic E-state index is 0.0645. The zero-order valence-corrected chi connectivity index (χ0v) is 19.3. The molecule has 0 saturated carbocycles. The number of aliphatic hydroxyl groups excluding tert-OH is 1. The summed E-state index contributed by atoms with van der Waals surface area (Å²) in [6.45, 7) is 1.82. The molecule has 0 aliphatic heterocycles. The van der Waals surface area contributed by atoms with Gasteiger partial charge in [-0.05, 0) is 28.7 Å². The molecule has 0 fully saturated rings. The number of nitrogens with one attached hydrogen (secondary N) is 2. The van der Waals surface area contributed by atoms with Crippen molar-refractivity contribution in [2.24, 2.45) is 0 Å². The van der Waals surface area contributed by atoms with Gasteiger partial charge >= 0.3 is 12.1 Å². The normalized spacial score (nSPS) is 13.9. The number of hydrogen-bond donors (Lipinski definition) is 4. The van der Waals surface area contributed by atoms with E-state index in [0.717, 1.165) is 35.1 Å². The van der Waals surface area contributed by atoms with Crippen molar-refractivity contribution < 1.29 is 29.3 Å². The standard InChI is InChI=1S/C26H32N2O6/c1-2-3-8-17(15-24(30)28-23(13-14-29)25(31)32)27-26(33)34-16-22-20-11-6-4-9-18(20)19-10-5-7-12-21(19)22/h4-7,9-12,17,22-23,29H,2-3,8,13-16H2,1H3,(H,27,33)(H,28,30)(H,31,32)/t17-,23?/m1/s1. The van der Waals surface area contributed by atoms with Gasteiger partial charge in [0.05, 0.1) is 0 Å². The molecule has 0 spiro atoms. The summed E-state index contributed by atoms with van der Waals surface area (Å²) in [6, 6.07) is 14.5. The van der Waals surface area contributed by atoms with Gasteiger partial charge < -0.3 is 25.6 Å². The van der Waals surface area contributed by atoms with Crippen LogP contribution in [0.1, 0.15) is 56.1 Å². The van der Waals surface area contributed by atoms with E-state index in [4.69, 9.17) is 9.84 Å². The number of ether oxygens (including phenoxy) is 1. The first-order valence-electron chi connectivity index (χ1n) is 11.7. The molecule has 0 radical (unpaired) electrons. The highest BCUT2D eigenvalue weighted by molar-refractivity contribution is 5.84. The Bertz CT molecular complexity index is 963. The molecule has 1 unspecified atom stereocenters. The molecule has 3 rings (SSSR count).